The van der Waals surface area contributed by atoms with Crippen LogP contribution in [0, 0.1) is 0 Å². The van der Waals surface area contributed by atoms with Crippen LogP contribution in [0.3, 0.4) is 0 Å². The second-order valence-corrected chi connectivity index (χ2v) is 6.49. The van der Waals surface area contributed by atoms with Crippen LogP contribution in [0.25, 0.3) is 0 Å². The van der Waals surface area contributed by atoms with E-state index in [1.807, 2.05) is 0 Å². The van der Waals surface area contributed by atoms with Crippen LogP contribution in [0.4, 0.5) is 18.9 Å². The summed E-state index contributed by atoms with van der Waals surface area (Å²) in [7, 11) is 0. The molecule has 0 bridgehead atoms. The van der Waals surface area contributed by atoms with Gasteiger partial charge in [-0.3, -0.25) is 9.69 Å². The molecule has 0 saturated carbocycles. The van der Waals surface area contributed by atoms with Crippen LogP contribution in [0.5, 0.6) is 0 Å². The number of thiazole rings is 1. The molecule has 0 unspecified atom stereocenters. The molecule has 2 aromatic rings. The van der Waals surface area contributed by atoms with E-state index in [0.29, 0.717) is 25.4 Å². The summed E-state index contributed by atoms with van der Waals surface area (Å²) in [4.78, 5) is 18.7. The number of carbonyl (C=O) groups excluding carboxylic acids is 1. The second-order valence-electron chi connectivity index (χ2n) is 5.54. The van der Waals surface area contributed by atoms with Crippen molar-refractivity contribution < 1.29 is 22.7 Å². The fraction of sp³-hybridized carbons (Fsp3) is 0.375. The Balaban J connectivity index is 1.59. The number of alkyl halides is 3. The van der Waals surface area contributed by atoms with Gasteiger partial charge in [-0.1, -0.05) is 0 Å². The number of morpholine rings is 1. The molecule has 0 aliphatic carbocycles. The predicted octanol–water partition coefficient (Wildman–Crippen LogP) is 3.25. The Morgan fingerprint density at radius 1 is 1.24 bits per heavy atom. The predicted molar refractivity (Wildman–Crippen MR) is 87.6 cm³/mol. The lowest BCUT2D eigenvalue weighted by Gasteiger charge is -2.25. The van der Waals surface area contributed by atoms with Gasteiger partial charge in [0, 0.05) is 24.2 Å². The van der Waals surface area contributed by atoms with Crippen molar-refractivity contribution in [2.75, 3.05) is 31.6 Å². The molecule has 1 amide bonds. The van der Waals surface area contributed by atoms with E-state index in [2.05, 4.69) is 15.2 Å². The van der Waals surface area contributed by atoms with Gasteiger partial charge in [0.25, 0.3) is 5.91 Å². The van der Waals surface area contributed by atoms with Crippen molar-refractivity contribution in [3.63, 3.8) is 0 Å². The lowest BCUT2D eigenvalue weighted by atomic mass is 10.2. The van der Waals surface area contributed by atoms with E-state index in [9.17, 15) is 18.0 Å². The molecule has 1 aromatic heterocycles. The summed E-state index contributed by atoms with van der Waals surface area (Å²) in [6.45, 7) is 3.68. The average Bonchev–Trinajstić information content (AvgIpc) is 3.04. The molecule has 9 heteroatoms. The highest BCUT2D eigenvalue weighted by Gasteiger charge is 2.30. The number of rotatable bonds is 4. The monoisotopic (exact) mass is 371 g/mol. The Morgan fingerprint density at radius 2 is 1.92 bits per heavy atom. The molecule has 1 aliphatic heterocycles. The maximum absolute atomic E-state index is 12.5. The fourth-order valence-corrected chi connectivity index (χ4v) is 3.19. The molecule has 25 heavy (non-hydrogen) atoms. The summed E-state index contributed by atoms with van der Waals surface area (Å²) in [6, 6.07) is 4.31. The number of hydrogen-bond acceptors (Lipinski definition) is 5. The van der Waals surface area contributed by atoms with Gasteiger partial charge in [-0.05, 0) is 24.3 Å². The van der Waals surface area contributed by atoms with Gasteiger partial charge in [0.1, 0.15) is 10.7 Å². The first-order chi connectivity index (χ1) is 11.9. The largest absolute Gasteiger partial charge is 0.416 e. The molecule has 0 atom stereocenters. The topological polar surface area (TPSA) is 54.5 Å². The van der Waals surface area contributed by atoms with Crippen LogP contribution >= 0.6 is 11.3 Å². The number of ether oxygens (including phenoxy) is 1. The molecule has 3 rings (SSSR count). The number of carbonyl (C=O) groups is 1. The van der Waals surface area contributed by atoms with Gasteiger partial charge in [-0.25, -0.2) is 4.98 Å². The van der Waals surface area contributed by atoms with E-state index in [4.69, 9.17) is 4.74 Å². The van der Waals surface area contributed by atoms with E-state index < -0.39 is 17.6 Å². The van der Waals surface area contributed by atoms with Gasteiger partial charge in [-0.2, -0.15) is 13.2 Å². The third-order valence-electron chi connectivity index (χ3n) is 3.72. The highest BCUT2D eigenvalue weighted by Crippen LogP contribution is 2.29. The van der Waals surface area contributed by atoms with Gasteiger partial charge < -0.3 is 10.1 Å². The molecule has 5 nitrogen and oxygen atoms in total. The van der Waals surface area contributed by atoms with Crippen LogP contribution in [0.15, 0.2) is 29.6 Å². The van der Waals surface area contributed by atoms with Crippen molar-refractivity contribution in [1.82, 2.24) is 9.88 Å². The fourth-order valence-electron chi connectivity index (χ4n) is 2.38. The van der Waals surface area contributed by atoms with E-state index >= 15 is 0 Å². The number of nitrogens with zero attached hydrogens (tertiary/aromatic N) is 2. The zero-order valence-electron chi connectivity index (χ0n) is 13.2. The highest BCUT2D eigenvalue weighted by molar-refractivity contribution is 7.09. The van der Waals surface area contributed by atoms with E-state index in [-0.39, 0.29) is 5.69 Å². The number of benzene rings is 1. The minimum absolute atomic E-state index is 0.258. The summed E-state index contributed by atoms with van der Waals surface area (Å²) in [5.74, 6) is -0.441. The molecule has 0 spiro atoms. The number of hydrogen-bond donors (Lipinski definition) is 1. The van der Waals surface area contributed by atoms with E-state index in [1.54, 1.807) is 5.38 Å². The average molecular weight is 371 g/mol. The van der Waals surface area contributed by atoms with Gasteiger partial charge in [0.2, 0.25) is 0 Å². The Hall–Kier alpha value is -1.97. The van der Waals surface area contributed by atoms with Crippen molar-refractivity contribution >= 4 is 22.9 Å². The van der Waals surface area contributed by atoms with Gasteiger partial charge in [0.05, 0.1) is 25.3 Å². The van der Waals surface area contributed by atoms with Crippen molar-refractivity contribution in [3.8, 4) is 0 Å². The number of halogens is 3. The summed E-state index contributed by atoms with van der Waals surface area (Å²) < 4.78 is 42.9. The smallest absolute Gasteiger partial charge is 0.379 e. The molecule has 1 saturated heterocycles. The zero-order valence-corrected chi connectivity index (χ0v) is 14.0. The van der Waals surface area contributed by atoms with Crippen LogP contribution in [0.1, 0.15) is 21.1 Å². The SMILES string of the molecule is O=C(Nc1ccc(C(F)(F)F)cc1)c1csc(CN2CCOCC2)n1. The molecular formula is C16H16F3N3O2S. The molecule has 134 valence electrons. The molecule has 2 heterocycles. The lowest BCUT2D eigenvalue weighted by molar-refractivity contribution is -0.137. The number of nitrogens with one attached hydrogen (secondary N) is 1. The molecule has 1 fully saturated rings. The third kappa shape index (κ3) is 4.77. The zero-order chi connectivity index (χ0) is 17.9. The van der Waals surface area contributed by atoms with Crippen molar-refractivity contribution in [3.05, 3.63) is 45.9 Å². The molecule has 0 radical (unpaired) electrons. The molecular weight excluding hydrogens is 355 g/mol. The second kappa shape index (κ2) is 7.51. The first-order valence-electron chi connectivity index (χ1n) is 7.65. The normalized spacial score (nSPS) is 16.0. The standard InChI is InChI=1S/C16H16F3N3O2S/c17-16(18,19)11-1-3-12(4-2-11)20-15(23)13-10-25-14(21-13)9-22-5-7-24-8-6-22/h1-4,10H,5-9H2,(H,20,23). The molecule has 1 aromatic carbocycles. The third-order valence-corrected chi connectivity index (χ3v) is 4.55. The van der Waals surface area contributed by atoms with Crippen molar-refractivity contribution in [2.45, 2.75) is 12.7 Å². The minimum Gasteiger partial charge on any atom is -0.379 e. The van der Waals surface area contributed by atoms with Gasteiger partial charge in [0.15, 0.2) is 0 Å². The molecule has 1 aliphatic rings. The Kier molecular flexibility index (Phi) is 5.36. The van der Waals surface area contributed by atoms with Gasteiger partial charge in [-0.15, -0.1) is 11.3 Å². The first-order valence-corrected chi connectivity index (χ1v) is 8.53. The highest BCUT2D eigenvalue weighted by atomic mass is 32.1. The van der Waals surface area contributed by atoms with E-state index in [0.717, 1.165) is 30.2 Å². The van der Waals surface area contributed by atoms with Crippen molar-refractivity contribution in [2.24, 2.45) is 0 Å². The maximum atomic E-state index is 12.5. The quantitative estimate of drug-likeness (QED) is 0.897. The van der Waals surface area contributed by atoms with Crippen LogP contribution in [0.2, 0.25) is 0 Å². The van der Waals surface area contributed by atoms with Crippen LogP contribution in [-0.2, 0) is 17.5 Å². The lowest BCUT2D eigenvalue weighted by Crippen LogP contribution is -2.35. The molecule has 1 N–H and O–H groups in total. The van der Waals surface area contributed by atoms with Gasteiger partial charge >= 0.3 is 6.18 Å². The Labute approximate surface area is 146 Å². The Morgan fingerprint density at radius 3 is 2.56 bits per heavy atom. The summed E-state index contributed by atoms with van der Waals surface area (Å²) in [5, 5.41) is 5.03. The summed E-state index contributed by atoms with van der Waals surface area (Å²) >= 11 is 1.38. The van der Waals surface area contributed by atoms with Crippen LogP contribution < -0.4 is 5.32 Å². The van der Waals surface area contributed by atoms with Crippen molar-refractivity contribution in [1.29, 1.82) is 0 Å². The summed E-state index contributed by atoms with van der Waals surface area (Å²) in [6.07, 6.45) is -4.40. The van der Waals surface area contributed by atoms with Crippen LogP contribution in [-0.4, -0.2) is 42.1 Å². The number of amides is 1. The Bertz CT molecular complexity index is 725. The maximum Gasteiger partial charge on any atom is 0.416 e. The minimum atomic E-state index is -4.40. The number of aromatic nitrogens is 1. The van der Waals surface area contributed by atoms with E-state index in [1.165, 1.54) is 23.5 Å². The summed E-state index contributed by atoms with van der Waals surface area (Å²) in [5.41, 5.74) is -0.208. The first kappa shape index (κ1) is 17.8. The number of anilines is 1.